The normalized spacial score (nSPS) is 11.8. The molecule has 1 heterocycles. The molecule has 0 fully saturated rings. The number of benzene rings is 1. The third-order valence-corrected chi connectivity index (χ3v) is 3.19. The average molecular weight is 313 g/mol. The van der Waals surface area contributed by atoms with Crippen molar-refractivity contribution in [2.24, 2.45) is 10.9 Å². The Morgan fingerprint density at radius 2 is 2.22 bits per heavy atom. The summed E-state index contributed by atoms with van der Waals surface area (Å²) in [6.07, 6.45) is 1.66. The summed E-state index contributed by atoms with van der Waals surface area (Å²) in [6, 6.07) is 4.83. The summed E-state index contributed by atoms with van der Waals surface area (Å²) < 4.78 is 15.7. The van der Waals surface area contributed by atoms with Gasteiger partial charge in [-0.1, -0.05) is 5.16 Å². The zero-order chi connectivity index (χ0) is 13.3. The molecule has 0 aliphatic rings. The molecule has 2 rings (SSSR count). The van der Waals surface area contributed by atoms with Crippen molar-refractivity contribution in [2.75, 3.05) is 0 Å². The summed E-state index contributed by atoms with van der Waals surface area (Å²) in [6.45, 7) is 1.81. The molecule has 3 N–H and O–H groups in total. The van der Waals surface area contributed by atoms with Gasteiger partial charge in [-0.05, 0) is 41.1 Å². The number of halogens is 2. The number of hydrogen-bond donors (Lipinski definition) is 2. The lowest BCUT2D eigenvalue weighted by Crippen LogP contribution is -2.15. The van der Waals surface area contributed by atoms with E-state index < -0.39 is 5.82 Å². The minimum atomic E-state index is -0.526. The highest BCUT2D eigenvalue weighted by Gasteiger charge is 2.15. The Balaban J connectivity index is 2.57. The first-order valence-corrected chi connectivity index (χ1v) is 5.82. The summed E-state index contributed by atoms with van der Waals surface area (Å²) in [4.78, 5) is 0. The van der Waals surface area contributed by atoms with Crippen LogP contribution in [0.25, 0.3) is 5.69 Å². The van der Waals surface area contributed by atoms with E-state index in [0.717, 1.165) is 5.69 Å². The molecule has 0 aliphatic heterocycles. The molecule has 0 aliphatic carbocycles. The summed E-state index contributed by atoms with van der Waals surface area (Å²) in [5.41, 5.74) is 6.78. The first-order valence-electron chi connectivity index (χ1n) is 5.03. The molecule has 0 unspecified atom stereocenters. The summed E-state index contributed by atoms with van der Waals surface area (Å²) >= 11 is 3.09. The van der Waals surface area contributed by atoms with E-state index in [1.54, 1.807) is 18.3 Å². The fraction of sp³-hybridized carbons (Fsp3) is 0.0909. The van der Waals surface area contributed by atoms with Gasteiger partial charge in [-0.2, -0.15) is 5.10 Å². The molecule has 0 radical (unpaired) electrons. The van der Waals surface area contributed by atoms with Gasteiger partial charge in [0.05, 0.1) is 10.2 Å². The smallest absolute Gasteiger partial charge is 0.171 e. The van der Waals surface area contributed by atoms with Gasteiger partial charge < -0.3 is 10.9 Å². The Morgan fingerprint density at radius 1 is 1.50 bits per heavy atom. The maximum Gasteiger partial charge on any atom is 0.171 e. The minimum absolute atomic E-state index is 0.128. The zero-order valence-corrected chi connectivity index (χ0v) is 11.0. The van der Waals surface area contributed by atoms with E-state index in [4.69, 9.17) is 10.9 Å². The van der Waals surface area contributed by atoms with E-state index in [1.165, 1.54) is 10.7 Å². The van der Waals surface area contributed by atoms with Gasteiger partial charge in [-0.15, -0.1) is 0 Å². The Hall–Kier alpha value is -1.89. The fourth-order valence-electron chi connectivity index (χ4n) is 1.52. The van der Waals surface area contributed by atoms with E-state index in [0.29, 0.717) is 0 Å². The van der Waals surface area contributed by atoms with Crippen molar-refractivity contribution >= 4 is 21.8 Å². The third kappa shape index (κ3) is 2.08. The zero-order valence-electron chi connectivity index (χ0n) is 9.43. The van der Waals surface area contributed by atoms with Gasteiger partial charge in [0.25, 0.3) is 0 Å². The van der Waals surface area contributed by atoms with Gasteiger partial charge in [0.2, 0.25) is 0 Å². The van der Waals surface area contributed by atoms with Crippen molar-refractivity contribution in [1.82, 2.24) is 9.78 Å². The van der Waals surface area contributed by atoms with E-state index in [2.05, 4.69) is 26.2 Å². The summed E-state index contributed by atoms with van der Waals surface area (Å²) in [5.74, 6) is -0.689. The largest absolute Gasteiger partial charge is 0.409 e. The van der Waals surface area contributed by atoms with E-state index in [-0.39, 0.29) is 21.6 Å². The van der Waals surface area contributed by atoms with Crippen LogP contribution in [0.2, 0.25) is 0 Å². The lowest BCUT2D eigenvalue weighted by molar-refractivity contribution is 0.318. The first kappa shape index (κ1) is 12.6. The van der Waals surface area contributed by atoms with Crippen LogP contribution >= 0.6 is 15.9 Å². The van der Waals surface area contributed by atoms with Gasteiger partial charge >= 0.3 is 0 Å². The average Bonchev–Trinajstić information content (AvgIpc) is 2.78. The molecule has 2 aromatic rings. The number of rotatable bonds is 2. The number of hydrogen-bond acceptors (Lipinski definition) is 3. The van der Waals surface area contributed by atoms with Crippen LogP contribution in [0.4, 0.5) is 4.39 Å². The molecule has 0 amide bonds. The van der Waals surface area contributed by atoms with Crippen LogP contribution in [-0.4, -0.2) is 20.8 Å². The van der Waals surface area contributed by atoms with Crippen LogP contribution in [0, 0.1) is 12.7 Å². The monoisotopic (exact) mass is 312 g/mol. The Labute approximate surface area is 111 Å². The molecule has 0 spiro atoms. The number of aryl methyl sites for hydroxylation is 1. The van der Waals surface area contributed by atoms with E-state index in [9.17, 15) is 4.39 Å². The van der Waals surface area contributed by atoms with Gasteiger partial charge in [0.15, 0.2) is 11.7 Å². The van der Waals surface area contributed by atoms with Crippen molar-refractivity contribution in [1.29, 1.82) is 0 Å². The number of oxime groups is 1. The highest BCUT2D eigenvalue weighted by Crippen LogP contribution is 2.25. The predicted molar refractivity (Wildman–Crippen MR) is 68.5 cm³/mol. The SMILES string of the molecule is Cc1ccn(-c2ccc(/C(N)=N/O)c(Br)c2F)n1. The molecule has 7 heteroatoms. The number of amidine groups is 1. The van der Waals surface area contributed by atoms with Gasteiger partial charge in [0, 0.05) is 11.8 Å². The van der Waals surface area contributed by atoms with Crippen LogP contribution in [0.15, 0.2) is 34.0 Å². The highest BCUT2D eigenvalue weighted by molar-refractivity contribution is 9.10. The molecule has 0 bridgehead atoms. The van der Waals surface area contributed by atoms with Crippen molar-refractivity contribution in [3.63, 3.8) is 0 Å². The number of nitrogens with zero attached hydrogens (tertiary/aromatic N) is 3. The molecule has 0 atom stereocenters. The van der Waals surface area contributed by atoms with Gasteiger partial charge in [-0.25, -0.2) is 9.07 Å². The Kier molecular flexibility index (Phi) is 3.33. The third-order valence-electron chi connectivity index (χ3n) is 2.41. The van der Waals surface area contributed by atoms with Crippen LogP contribution in [0.5, 0.6) is 0 Å². The quantitative estimate of drug-likeness (QED) is 0.386. The molecule has 18 heavy (non-hydrogen) atoms. The molecule has 1 aromatic heterocycles. The molecule has 1 aromatic carbocycles. The van der Waals surface area contributed by atoms with E-state index in [1.807, 2.05) is 6.92 Å². The second-order valence-corrected chi connectivity index (χ2v) is 4.44. The lowest BCUT2D eigenvalue weighted by Gasteiger charge is -2.08. The van der Waals surface area contributed by atoms with Crippen molar-refractivity contribution in [2.45, 2.75) is 6.92 Å². The number of nitrogens with two attached hydrogens (primary N) is 1. The lowest BCUT2D eigenvalue weighted by atomic mass is 10.2. The topological polar surface area (TPSA) is 76.4 Å². The van der Waals surface area contributed by atoms with Gasteiger partial charge in [-0.3, -0.25) is 0 Å². The minimum Gasteiger partial charge on any atom is -0.409 e. The number of aromatic nitrogens is 2. The Morgan fingerprint density at radius 3 is 2.78 bits per heavy atom. The molecular formula is C11H10BrFN4O. The van der Waals surface area contributed by atoms with Crippen LogP contribution < -0.4 is 5.73 Å². The Bertz CT molecular complexity index is 624. The van der Waals surface area contributed by atoms with Crippen molar-refractivity contribution in [3.05, 3.63) is 45.9 Å². The molecular weight excluding hydrogens is 303 g/mol. The van der Waals surface area contributed by atoms with Gasteiger partial charge in [0.1, 0.15) is 5.69 Å². The second-order valence-electron chi connectivity index (χ2n) is 3.65. The van der Waals surface area contributed by atoms with Crippen molar-refractivity contribution < 1.29 is 9.60 Å². The molecule has 5 nitrogen and oxygen atoms in total. The maximum absolute atomic E-state index is 14.2. The fourth-order valence-corrected chi connectivity index (χ4v) is 2.06. The molecule has 94 valence electrons. The first-order chi connectivity index (χ1) is 8.54. The van der Waals surface area contributed by atoms with Crippen molar-refractivity contribution in [3.8, 4) is 5.69 Å². The second kappa shape index (κ2) is 4.77. The van der Waals surface area contributed by atoms with Crippen LogP contribution in [-0.2, 0) is 0 Å². The molecule has 0 saturated carbocycles. The summed E-state index contributed by atoms with van der Waals surface area (Å²) in [5, 5.41) is 15.6. The van der Waals surface area contributed by atoms with Crippen LogP contribution in [0.3, 0.4) is 0 Å². The van der Waals surface area contributed by atoms with Crippen LogP contribution in [0.1, 0.15) is 11.3 Å². The maximum atomic E-state index is 14.2. The standard InChI is InChI=1S/C11H10BrFN4O/c1-6-4-5-17(15-6)8-3-2-7(11(14)16-18)9(12)10(8)13/h2-5,18H,1H3,(H2,14,16). The predicted octanol–water partition coefficient (Wildman–Crippen LogP) is 2.18. The molecule has 0 saturated heterocycles. The highest BCUT2D eigenvalue weighted by atomic mass is 79.9. The summed E-state index contributed by atoms with van der Waals surface area (Å²) in [7, 11) is 0. The van der Waals surface area contributed by atoms with E-state index >= 15 is 0 Å².